The monoisotopic (exact) mass is 283 g/mol. The van der Waals surface area contributed by atoms with Crippen LogP contribution in [-0.2, 0) is 6.54 Å². The van der Waals surface area contributed by atoms with E-state index in [1.165, 1.54) is 16.0 Å². The first-order valence-corrected chi connectivity index (χ1v) is 7.79. The summed E-state index contributed by atoms with van der Waals surface area (Å²) in [4.78, 5) is 15.8. The van der Waals surface area contributed by atoms with Crippen LogP contribution in [0.5, 0.6) is 0 Å². The van der Waals surface area contributed by atoms with Gasteiger partial charge in [0, 0.05) is 29.3 Å². The molecule has 0 N–H and O–H groups in total. The number of aryl methyl sites for hydroxylation is 1. The van der Waals surface area contributed by atoms with Crippen molar-refractivity contribution in [2.24, 2.45) is 0 Å². The molecule has 0 saturated carbocycles. The lowest BCUT2D eigenvalue weighted by Crippen LogP contribution is -2.31. The van der Waals surface area contributed by atoms with E-state index < -0.39 is 0 Å². The number of amides is 1. The number of hydrogen-bond acceptors (Lipinski definition) is 2. The molecule has 2 aromatic carbocycles. The van der Waals surface area contributed by atoms with Crippen LogP contribution in [0.2, 0.25) is 0 Å². The van der Waals surface area contributed by atoms with E-state index >= 15 is 0 Å². The molecular weight excluding hydrogens is 266 g/mol. The van der Waals surface area contributed by atoms with Crippen LogP contribution in [-0.4, -0.2) is 23.1 Å². The Morgan fingerprint density at radius 3 is 2.75 bits per heavy atom. The van der Waals surface area contributed by atoms with E-state index in [9.17, 15) is 4.79 Å². The molecule has 0 atom stereocenters. The van der Waals surface area contributed by atoms with Gasteiger partial charge in [-0.25, -0.2) is 0 Å². The predicted molar refractivity (Wildman–Crippen MR) is 83.1 cm³/mol. The molecule has 1 heterocycles. The standard InChI is InChI=1S/C17H17NOS/c1-13-7-8-16-15(11-13)12-18(9-10-20-16)17(19)14-5-3-2-4-6-14/h2-8,11H,9-10,12H2,1H3. The van der Waals surface area contributed by atoms with Gasteiger partial charge in [0.1, 0.15) is 0 Å². The SMILES string of the molecule is Cc1ccc2c(c1)CN(C(=O)c1ccccc1)CCS2. The quantitative estimate of drug-likeness (QED) is 0.794. The summed E-state index contributed by atoms with van der Waals surface area (Å²) in [5.41, 5.74) is 3.28. The van der Waals surface area contributed by atoms with E-state index in [0.717, 1.165) is 17.9 Å². The highest BCUT2D eigenvalue weighted by molar-refractivity contribution is 7.99. The number of carbonyl (C=O) groups excluding carboxylic acids is 1. The van der Waals surface area contributed by atoms with Gasteiger partial charge in [-0.3, -0.25) is 4.79 Å². The first kappa shape index (κ1) is 13.3. The summed E-state index contributed by atoms with van der Waals surface area (Å²) in [5.74, 6) is 1.08. The lowest BCUT2D eigenvalue weighted by Gasteiger charge is -2.20. The number of rotatable bonds is 1. The lowest BCUT2D eigenvalue weighted by atomic mass is 10.1. The van der Waals surface area contributed by atoms with E-state index in [4.69, 9.17) is 0 Å². The van der Waals surface area contributed by atoms with Crippen LogP contribution in [0.1, 0.15) is 21.5 Å². The molecule has 20 heavy (non-hydrogen) atoms. The molecule has 2 nitrogen and oxygen atoms in total. The molecule has 1 aliphatic rings. The average Bonchev–Trinajstić information content (AvgIpc) is 2.69. The van der Waals surface area contributed by atoms with Crippen molar-refractivity contribution in [3.63, 3.8) is 0 Å². The van der Waals surface area contributed by atoms with Crippen LogP contribution in [0, 0.1) is 6.92 Å². The Balaban J connectivity index is 1.87. The van der Waals surface area contributed by atoms with Crippen LogP contribution in [0.4, 0.5) is 0 Å². The summed E-state index contributed by atoms with van der Waals surface area (Å²) >= 11 is 1.84. The summed E-state index contributed by atoms with van der Waals surface area (Å²) in [7, 11) is 0. The summed E-state index contributed by atoms with van der Waals surface area (Å²) in [5, 5.41) is 0. The molecule has 1 aliphatic heterocycles. The third-order valence-corrected chi connectivity index (χ3v) is 4.60. The molecule has 0 aliphatic carbocycles. The van der Waals surface area contributed by atoms with Crippen molar-refractivity contribution >= 4 is 17.7 Å². The van der Waals surface area contributed by atoms with Gasteiger partial charge < -0.3 is 4.90 Å². The number of nitrogens with zero attached hydrogens (tertiary/aromatic N) is 1. The first-order chi connectivity index (χ1) is 9.74. The van der Waals surface area contributed by atoms with E-state index in [1.54, 1.807) is 0 Å². The second-order valence-electron chi connectivity index (χ2n) is 5.05. The van der Waals surface area contributed by atoms with Gasteiger partial charge in [-0.15, -0.1) is 11.8 Å². The Bertz CT molecular complexity index is 624. The highest BCUT2D eigenvalue weighted by Crippen LogP contribution is 2.28. The zero-order chi connectivity index (χ0) is 13.9. The molecule has 0 spiro atoms. The highest BCUT2D eigenvalue weighted by atomic mass is 32.2. The largest absolute Gasteiger partial charge is 0.333 e. The zero-order valence-corrected chi connectivity index (χ0v) is 12.3. The lowest BCUT2D eigenvalue weighted by molar-refractivity contribution is 0.0754. The molecule has 0 fully saturated rings. The van der Waals surface area contributed by atoms with Gasteiger partial charge in [-0.2, -0.15) is 0 Å². The Kier molecular flexibility index (Phi) is 3.79. The Hall–Kier alpha value is -1.74. The maximum absolute atomic E-state index is 12.6. The van der Waals surface area contributed by atoms with E-state index in [2.05, 4.69) is 25.1 Å². The maximum Gasteiger partial charge on any atom is 0.254 e. The predicted octanol–water partition coefficient (Wildman–Crippen LogP) is 3.74. The average molecular weight is 283 g/mol. The number of carbonyl (C=O) groups is 1. The Morgan fingerprint density at radius 1 is 1.15 bits per heavy atom. The number of hydrogen-bond donors (Lipinski definition) is 0. The van der Waals surface area contributed by atoms with Crippen molar-refractivity contribution in [2.75, 3.05) is 12.3 Å². The summed E-state index contributed by atoms with van der Waals surface area (Å²) in [6.07, 6.45) is 0. The van der Waals surface area contributed by atoms with Crippen LogP contribution in [0.25, 0.3) is 0 Å². The summed E-state index contributed by atoms with van der Waals surface area (Å²) < 4.78 is 0. The number of benzene rings is 2. The minimum Gasteiger partial charge on any atom is -0.333 e. The van der Waals surface area contributed by atoms with E-state index in [-0.39, 0.29) is 5.91 Å². The highest BCUT2D eigenvalue weighted by Gasteiger charge is 2.20. The van der Waals surface area contributed by atoms with Gasteiger partial charge in [0.25, 0.3) is 5.91 Å². The fraction of sp³-hybridized carbons (Fsp3) is 0.235. The third kappa shape index (κ3) is 2.73. The summed E-state index contributed by atoms with van der Waals surface area (Å²) in [6, 6.07) is 16.0. The van der Waals surface area contributed by atoms with Crippen molar-refractivity contribution in [3.8, 4) is 0 Å². The molecule has 0 aromatic heterocycles. The Labute approximate surface area is 123 Å². The molecule has 0 bridgehead atoms. The van der Waals surface area contributed by atoms with Gasteiger partial charge in [0.15, 0.2) is 0 Å². The van der Waals surface area contributed by atoms with Crippen LogP contribution in [0.15, 0.2) is 53.4 Å². The minimum absolute atomic E-state index is 0.126. The van der Waals surface area contributed by atoms with Gasteiger partial charge >= 0.3 is 0 Å². The summed E-state index contributed by atoms with van der Waals surface area (Å²) in [6.45, 7) is 3.60. The van der Waals surface area contributed by atoms with Crippen molar-refractivity contribution in [1.29, 1.82) is 0 Å². The molecule has 1 amide bonds. The molecule has 3 heteroatoms. The second kappa shape index (κ2) is 5.71. The van der Waals surface area contributed by atoms with E-state index in [0.29, 0.717) is 6.54 Å². The van der Waals surface area contributed by atoms with Crippen LogP contribution in [0.3, 0.4) is 0 Å². The first-order valence-electron chi connectivity index (χ1n) is 6.81. The van der Waals surface area contributed by atoms with E-state index in [1.807, 2.05) is 47.0 Å². The molecule has 102 valence electrons. The fourth-order valence-electron chi connectivity index (χ4n) is 2.46. The molecule has 0 saturated heterocycles. The third-order valence-electron chi connectivity index (χ3n) is 3.50. The van der Waals surface area contributed by atoms with Gasteiger partial charge in [-0.1, -0.05) is 35.9 Å². The van der Waals surface area contributed by atoms with Gasteiger partial charge in [-0.05, 0) is 30.7 Å². The van der Waals surface area contributed by atoms with Crippen LogP contribution < -0.4 is 0 Å². The Morgan fingerprint density at radius 2 is 1.95 bits per heavy atom. The second-order valence-corrected chi connectivity index (χ2v) is 6.19. The van der Waals surface area contributed by atoms with Gasteiger partial charge in [0.05, 0.1) is 0 Å². The topological polar surface area (TPSA) is 20.3 Å². The molecule has 3 rings (SSSR count). The number of fused-ring (bicyclic) bond motifs is 1. The minimum atomic E-state index is 0.126. The fourth-order valence-corrected chi connectivity index (χ4v) is 3.46. The molecule has 0 unspecified atom stereocenters. The van der Waals surface area contributed by atoms with Crippen molar-refractivity contribution in [3.05, 3.63) is 65.2 Å². The van der Waals surface area contributed by atoms with Crippen molar-refractivity contribution in [1.82, 2.24) is 4.90 Å². The molecule has 0 radical (unpaired) electrons. The zero-order valence-electron chi connectivity index (χ0n) is 11.5. The van der Waals surface area contributed by atoms with Crippen molar-refractivity contribution < 1.29 is 4.79 Å². The van der Waals surface area contributed by atoms with Crippen LogP contribution >= 0.6 is 11.8 Å². The molecular formula is C17H17NOS. The smallest absolute Gasteiger partial charge is 0.254 e. The maximum atomic E-state index is 12.6. The van der Waals surface area contributed by atoms with Gasteiger partial charge in [0.2, 0.25) is 0 Å². The normalized spacial score (nSPS) is 14.6. The van der Waals surface area contributed by atoms with Crippen molar-refractivity contribution in [2.45, 2.75) is 18.4 Å². The molecule has 2 aromatic rings. The number of thioether (sulfide) groups is 1.